The summed E-state index contributed by atoms with van der Waals surface area (Å²) in [7, 11) is 0. The van der Waals surface area contributed by atoms with Gasteiger partial charge in [0.15, 0.2) is 0 Å². The van der Waals surface area contributed by atoms with Crippen molar-refractivity contribution in [2.75, 3.05) is 19.6 Å². The standard InChI is InChI=1S/C13H20N4O3/c18-12(19)10-16(9-11-3-4-11)13(20)14-5-1-7-17-8-2-6-15-17/h2,6,8,11H,1,3-5,7,9-10H2,(H,14,20)(H,18,19). The summed E-state index contributed by atoms with van der Waals surface area (Å²) < 4.78 is 1.80. The maximum Gasteiger partial charge on any atom is 0.323 e. The fourth-order valence-electron chi connectivity index (χ4n) is 1.98. The largest absolute Gasteiger partial charge is 0.480 e. The molecule has 1 heterocycles. The van der Waals surface area contributed by atoms with Gasteiger partial charge in [-0.2, -0.15) is 5.10 Å². The first kappa shape index (κ1) is 14.4. The van der Waals surface area contributed by atoms with Crippen LogP contribution in [0.3, 0.4) is 0 Å². The normalized spacial score (nSPS) is 14.0. The number of rotatable bonds is 8. The first-order valence-electron chi connectivity index (χ1n) is 6.87. The second-order valence-corrected chi connectivity index (χ2v) is 5.07. The van der Waals surface area contributed by atoms with E-state index in [1.807, 2.05) is 12.3 Å². The Bertz CT molecular complexity index is 442. The van der Waals surface area contributed by atoms with Crippen LogP contribution in [0.1, 0.15) is 19.3 Å². The van der Waals surface area contributed by atoms with Gasteiger partial charge in [-0.05, 0) is 31.2 Å². The predicted molar refractivity (Wildman–Crippen MR) is 72.2 cm³/mol. The number of aryl methyl sites for hydroxylation is 1. The lowest BCUT2D eigenvalue weighted by atomic mass is 10.3. The lowest BCUT2D eigenvalue weighted by Gasteiger charge is -2.21. The zero-order valence-electron chi connectivity index (χ0n) is 11.4. The molecule has 0 saturated heterocycles. The fraction of sp³-hybridized carbons (Fsp3) is 0.615. The average Bonchev–Trinajstić information content (AvgIpc) is 3.06. The highest BCUT2D eigenvalue weighted by molar-refractivity contribution is 5.80. The second-order valence-electron chi connectivity index (χ2n) is 5.07. The highest BCUT2D eigenvalue weighted by Gasteiger charge is 2.27. The summed E-state index contributed by atoms with van der Waals surface area (Å²) in [6.45, 7) is 1.55. The lowest BCUT2D eigenvalue weighted by molar-refractivity contribution is -0.137. The molecule has 1 saturated carbocycles. The van der Waals surface area contributed by atoms with Crippen LogP contribution in [0.15, 0.2) is 18.5 Å². The van der Waals surface area contributed by atoms with Crippen molar-refractivity contribution in [3.8, 4) is 0 Å². The maximum atomic E-state index is 11.9. The van der Waals surface area contributed by atoms with Crippen LogP contribution in [0.4, 0.5) is 4.79 Å². The second kappa shape index (κ2) is 6.93. The van der Waals surface area contributed by atoms with Gasteiger partial charge in [0.25, 0.3) is 0 Å². The fourth-order valence-corrected chi connectivity index (χ4v) is 1.98. The first-order valence-corrected chi connectivity index (χ1v) is 6.87. The minimum absolute atomic E-state index is 0.235. The monoisotopic (exact) mass is 280 g/mol. The van der Waals surface area contributed by atoms with Crippen molar-refractivity contribution in [3.63, 3.8) is 0 Å². The van der Waals surface area contributed by atoms with Crippen molar-refractivity contribution in [2.45, 2.75) is 25.8 Å². The highest BCUT2D eigenvalue weighted by atomic mass is 16.4. The van der Waals surface area contributed by atoms with Crippen LogP contribution in [0, 0.1) is 5.92 Å². The van der Waals surface area contributed by atoms with Crippen molar-refractivity contribution < 1.29 is 14.7 Å². The van der Waals surface area contributed by atoms with Gasteiger partial charge >= 0.3 is 12.0 Å². The Morgan fingerprint density at radius 1 is 1.45 bits per heavy atom. The molecule has 0 unspecified atom stereocenters. The molecule has 0 bridgehead atoms. The van der Waals surface area contributed by atoms with Crippen LogP contribution in [0.2, 0.25) is 0 Å². The quantitative estimate of drug-likeness (QED) is 0.689. The van der Waals surface area contributed by atoms with Crippen LogP contribution in [-0.2, 0) is 11.3 Å². The van der Waals surface area contributed by atoms with Gasteiger partial charge in [-0.1, -0.05) is 0 Å². The van der Waals surface area contributed by atoms with Gasteiger partial charge in [0, 0.05) is 32.0 Å². The van der Waals surface area contributed by atoms with Gasteiger partial charge in [0.05, 0.1) is 0 Å². The van der Waals surface area contributed by atoms with E-state index in [0.29, 0.717) is 19.0 Å². The molecule has 2 rings (SSSR count). The van der Waals surface area contributed by atoms with Crippen LogP contribution >= 0.6 is 0 Å². The topological polar surface area (TPSA) is 87.5 Å². The van der Waals surface area contributed by atoms with Crippen molar-refractivity contribution in [3.05, 3.63) is 18.5 Å². The molecular weight excluding hydrogens is 260 g/mol. The molecule has 7 heteroatoms. The number of carboxylic acids is 1. The molecule has 1 aromatic heterocycles. The molecule has 110 valence electrons. The average molecular weight is 280 g/mol. The Hall–Kier alpha value is -2.05. The molecule has 0 aromatic carbocycles. The Morgan fingerprint density at radius 2 is 2.25 bits per heavy atom. The predicted octanol–water partition coefficient (Wildman–Crippen LogP) is 0.779. The molecule has 1 aromatic rings. The van der Waals surface area contributed by atoms with Crippen LogP contribution in [-0.4, -0.2) is 51.4 Å². The van der Waals surface area contributed by atoms with Gasteiger partial charge < -0.3 is 15.3 Å². The Balaban J connectivity index is 1.68. The van der Waals surface area contributed by atoms with Gasteiger partial charge in [-0.3, -0.25) is 9.48 Å². The van der Waals surface area contributed by atoms with E-state index in [-0.39, 0.29) is 12.6 Å². The zero-order valence-corrected chi connectivity index (χ0v) is 11.4. The van der Waals surface area contributed by atoms with Crippen molar-refractivity contribution in [1.82, 2.24) is 20.0 Å². The van der Waals surface area contributed by atoms with Gasteiger partial charge in [-0.25, -0.2) is 4.79 Å². The Morgan fingerprint density at radius 3 is 2.85 bits per heavy atom. The number of urea groups is 1. The summed E-state index contributed by atoms with van der Waals surface area (Å²) in [6, 6.07) is 1.56. The van der Waals surface area contributed by atoms with E-state index in [1.54, 1.807) is 10.9 Å². The molecule has 0 spiro atoms. The van der Waals surface area contributed by atoms with Crippen LogP contribution < -0.4 is 5.32 Å². The molecule has 2 N–H and O–H groups in total. The van der Waals surface area contributed by atoms with Gasteiger partial charge in [-0.15, -0.1) is 0 Å². The molecule has 1 aliphatic rings. The van der Waals surface area contributed by atoms with Crippen molar-refractivity contribution in [1.29, 1.82) is 0 Å². The lowest BCUT2D eigenvalue weighted by Crippen LogP contribution is -2.44. The number of aromatic nitrogens is 2. The van der Waals surface area contributed by atoms with E-state index in [0.717, 1.165) is 25.8 Å². The SMILES string of the molecule is O=C(O)CN(CC1CC1)C(=O)NCCCn1cccn1. The zero-order chi connectivity index (χ0) is 14.4. The number of aliphatic carboxylic acids is 1. The molecule has 20 heavy (non-hydrogen) atoms. The number of carbonyl (C=O) groups is 2. The number of hydrogen-bond acceptors (Lipinski definition) is 3. The van der Waals surface area contributed by atoms with Crippen LogP contribution in [0.25, 0.3) is 0 Å². The van der Waals surface area contributed by atoms with E-state index in [2.05, 4.69) is 10.4 Å². The first-order chi connectivity index (χ1) is 9.65. The molecule has 0 atom stereocenters. The summed E-state index contributed by atoms with van der Waals surface area (Å²) in [5, 5.41) is 15.7. The van der Waals surface area contributed by atoms with Crippen LogP contribution in [0.5, 0.6) is 0 Å². The smallest absolute Gasteiger partial charge is 0.323 e. The number of nitrogens with one attached hydrogen (secondary N) is 1. The number of carboxylic acid groups (broad SMARTS) is 1. The number of nitrogens with zero attached hydrogens (tertiary/aromatic N) is 3. The van der Waals surface area contributed by atoms with E-state index in [4.69, 9.17) is 5.11 Å². The number of amides is 2. The third-order valence-electron chi connectivity index (χ3n) is 3.19. The summed E-state index contributed by atoms with van der Waals surface area (Å²) in [4.78, 5) is 24.1. The van der Waals surface area contributed by atoms with Gasteiger partial charge in [0.2, 0.25) is 0 Å². The summed E-state index contributed by atoms with van der Waals surface area (Å²) in [5.74, 6) is -0.499. The highest BCUT2D eigenvalue weighted by Crippen LogP contribution is 2.29. The maximum absolute atomic E-state index is 11.9. The van der Waals surface area contributed by atoms with E-state index in [1.165, 1.54) is 4.90 Å². The molecule has 0 aliphatic heterocycles. The number of hydrogen-bond donors (Lipinski definition) is 2. The molecule has 0 radical (unpaired) electrons. The summed E-state index contributed by atoms with van der Waals surface area (Å²) in [6.07, 6.45) is 6.51. The number of carbonyl (C=O) groups excluding carboxylic acids is 1. The third-order valence-corrected chi connectivity index (χ3v) is 3.19. The molecule has 7 nitrogen and oxygen atoms in total. The molecule has 2 amide bonds. The summed E-state index contributed by atoms with van der Waals surface area (Å²) >= 11 is 0. The molecule has 1 fully saturated rings. The Kier molecular flexibility index (Phi) is 4.97. The third kappa shape index (κ3) is 4.91. The minimum atomic E-state index is -0.975. The minimum Gasteiger partial charge on any atom is -0.480 e. The summed E-state index contributed by atoms with van der Waals surface area (Å²) in [5.41, 5.74) is 0. The molecule has 1 aliphatic carbocycles. The van der Waals surface area contributed by atoms with E-state index in [9.17, 15) is 9.59 Å². The van der Waals surface area contributed by atoms with E-state index >= 15 is 0 Å². The Labute approximate surface area is 117 Å². The van der Waals surface area contributed by atoms with Crippen molar-refractivity contribution >= 4 is 12.0 Å². The van der Waals surface area contributed by atoms with Gasteiger partial charge in [0.1, 0.15) is 6.54 Å². The molecular formula is C13H20N4O3. The van der Waals surface area contributed by atoms with E-state index < -0.39 is 5.97 Å². The van der Waals surface area contributed by atoms with Crippen molar-refractivity contribution in [2.24, 2.45) is 5.92 Å².